The van der Waals surface area contributed by atoms with Crippen molar-refractivity contribution >= 4 is 11.3 Å². The Bertz CT molecular complexity index is 583. The summed E-state index contributed by atoms with van der Waals surface area (Å²) in [5.74, 6) is 0. The smallest absolute Gasteiger partial charge is 0.0961 e. The van der Waals surface area contributed by atoms with Gasteiger partial charge in [0, 0.05) is 36.8 Å². The number of aliphatic hydroxyl groups is 1. The fraction of sp³-hybridized carbons (Fsp3) is 0.471. The van der Waals surface area contributed by atoms with E-state index in [4.69, 9.17) is 4.74 Å². The minimum Gasteiger partial charge on any atom is -0.389 e. The summed E-state index contributed by atoms with van der Waals surface area (Å²) in [5, 5.41) is 13.9. The third-order valence-corrected chi connectivity index (χ3v) is 4.93. The van der Waals surface area contributed by atoms with E-state index in [0.717, 1.165) is 22.7 Å². The third-order valence-electron chi connectivity index (χ3n) is 4.09. The van der Waals surface area contributed by atoms with Crippen LogP contribution in [0.15, 0.2) is 35.7 Å². The second-order valence-electron chi connectivity index (χ2n) is 5.75. The second-order valence-corrected chi connectivity index (χ2v) is 6.69. The van der Waals surface area contributed by atoms with Gasteiger partial charge in [-0.1, -0.05) is 37.3 Å². The Kier molecular flexibility index (Phi) is 4.38. The highest BCUT2D eigenvalue weighted by Gasteiger charge is 2.35. The highest BCUT2D eigenvalue weighted by Crippen LogP contribution is 2.31. The Morgan fingerprint density at radius 2 is 2.19 bits per heavy atom. The minimum atomic E-state index is -0.662. The predicted octanol–water partition coefficient (Wildman–Crippen LogP) is 3.67. The summed E-state index contributed by atoms with van der Waals surface area (Å²) >= 11 is 1.63. The fourth-order valence-corrected chi connectivity index (χ4v) is 3.78. The van der Waals surface area contributed by atoms with Crippen molar-refractivity contribution in [2.75, 3.05) is 6.61 Å². The van der Waals surface area contributed by atoms with Crippen LogP contribution in [0.2, 0.25) is 0 Å². The highest BCUT2D eigenvalue weighted by molar-refractivity contribution is 7.09. The molecule has 1 N–H and O–H groups in total. The van der Waals surface area contributed by atoms with E-state index in [1.54, 1.807) is 11.3 Å². The van der Waals surface area contributed by atoms with Crippen LogP contribution in [0.1, 0.15) is 31.2 Å². The lowest BCUT2D eigenvalue weighted by Gasteiger charge is -2.36. The Morgan fingerprint density at radius 1 is 1.38 bits per heavy atom. The molecule has 0 radical (unpaired) electrons. The lowest BCUT2D eigenvalue weighted by atomic mass is 9.87. The molecule has 1 aliphatic heterocycles. The molecular formula is C17H21NO2S. The van der Waals surface area contributed by atoms with Gasteiger partial charge in [0.15, 0.2) is 0 Å². The summed E-state index contributed by atoms with van der Waals surface area (Å²) in [5.41, 5.74) is 1.47. The first-order chi connectivity index (χ1) is 10.2. The van der Waals surface area contributed by atoms with E-state index in [1.165, 1.54) is 0 Å². The molecule has 3 nitrogen and oxygen atoms in total. The lowest BCUT2D eigenvalue weighted by Crippen LogP contribution is -2.42. The van der Waals surface area contributed by atoms with Crippen LogP contribution in [0.3, 0.4) is 0 Å². The number of nitrogens with zero attached hydrogens (tertiary/aromatic N) is 1. The third kappa shape index (κ3) is 3.51. The molecule has 0 saturated carbocycles. The van der Waals surface area contributed by atoms with Crippen LogP contribution < -0.4 is 0 Å². The maximum Gasteiger partial charge on any atom is 0.0961 e. The van der Waals surface area contributed by atoms with Crippen LogP contribution in [0.25, 0.3) is 11.3 Å². The van der Waals surface area contributed by atoms with Crippen LogP contribution in [0.5, 0.6) is 0 Å². The van der Waals surface area contributed by atoms with E-state index in [0.29, 0.717) is 25.9 Å². The average Bonchev–Trinajstić information content (AvgIpc) is 2.96. The van der Waals surface area contributed by atoms with Gasteiger partial charge in [-0.15, -0.1) is 11.3 Å². The summed E-state index contributed by atoms with van der Waals surface area (Å²) in [7, 11) is 0. The lowest BCUT2D eigenvalue weighted by molar-refractivity contribution is -0.103. The van der Waals surface area contributed by atoms with Gasteiger partial charge in [0.25, 0.3) is 0 Å². The molecule has 2 atom stereocenters. The standard InChI is InChI=1S/C17H21NO2S/c1-2-14-10-17(19,8-9-20-14)11-16-18-15(12-21-16)13-6-4-3-5-7-13/h3-7,12,14,19H,2,8-11H2,1H3. The number of thiazole rings is 1. The van der Waals surface area contributed by atoms with Gasteiger partial charge < -0.3 is 9.84 Å². The molecule has 3 rings (SSSR count). The molecule has 21 heavy (non-hydrogen) atoms. The zero-order chi connectivity index (χ0) is 14.7. The SMILES string of the molecule is CCC1CC(O)(Cc2nc(-c3ccccc3)cs2)CCO1. The number of aromatic nitrogens is 1. The molecule has 1 fully saturated rings. The van der Waals surface area contributed by atoms with E-state index in [-0.39, 0.29) is 6.10 Å². The molecule has 4 heteroatoms. The van der Waals surface area contributed by atoms with Gasteiger partial charge in [-0.2, -0.15) is 0 Å². The quantitative estimate of drug-likeness (QED) is 0.937. The van der Waals surface area contributed by atoms with Crippen molar-refractivity contribution in [3.8, 4) is 11.3 Å². The van der Waals surface area contributed by atoms with E-state index in [2.05, 4.69) is 29.4 Å². The van der Waals surface area contributed by atoms with Crippen molar-refractivity contribution in [3.63, 3.8) is 0 Å². The number of benzene rings is 1. The van der Waals surface area contributed by atoms with E-state index in [1.807, 2.05) is 18.2 Å². The number of hydrogen-bond acceptors (Lipinski definition) is 4. The predicted molar refractivity (Wildman–Crippen MR) is 85.5 cm³/mol. The van der Waals surface area contributed by atoms with E-state index >= 15 is 0 Å². The van der Waals surface area contributed by atoms with Crippen molar-refractivity contribution < 1.29 is 9.84 Å². The van der Waals surface area contributed by atoms with Crippen LogP contribution in [-0.4, -0.2) is 28.4 Å². The summed E-state index contributed by atoms with van der Waals surface area (Å²) < 4.78 is 5.66. The molecule has 2 heterocycles. The molecule has 2 aromatic rings. The van der Waals surface area contributed by atoms with Crippen molar-refractivity contribution in [2.45, 2.75) is 44.3 Å². The average molecular weight is 303 g/mol. The van der Waals surface area contributed by atoms with Gasteiger partial charge in [0.1, 0.15) is 0 Å². The van der Waals surface area contributed by atoms with Crippen LogP contribution in [0, 0.1) is 0 Å². The van der Waals surface area contributed by atoms with Crippen molar-refractivity contribution in [1.82, 2.24) is 4.98 Å². The minimum absolute atomic E-state index is 0.178. The summed E-state index contributed by atoms with van der Waals surface area (Å²) in [6.45, 7) is 2.75. The Labute approximate surface area is 129 Å². The zero-order valence-electron chi connectivity index (χ0n) is 12.3. The Hall–Kier alpha value is -1.23. The molecule has 1 aromatic heterocycles. The fourth-order valence-electron chi connectivity index (χ4n) is 2.84. The van der Waals surface area contributed by atoms with E-state index in [9.17, 15) is 5.11 Å². The van der Waals surface area contributed by atoms with Gasteiger partial charge >= 0.3 is 0 Å². The summed E-state index contributed by atoms with van der Waals surface area (Å²) in [4.78, 5) is 4.69. The largest absolute Gasteiger partial charge is 0.389 e. The van der Waals surface area contributed by atoms with Crippen LogP contribution >= 0.6 is 11.3 Å². The molecule has 0 aliphatic carbocycles. The monoisotopic (exact) mass is 303 g/mol. The van der Waals surface area contributed by atoms with Crippen molar-refractivity contribution in [1.29, 1.82) is 0 Å². The summed E-state index contributed by atoms with van der Waals surface area (Å²) in [6, 6.07) is 10.2. The van der Waals surface area contributed by atoms with Crippen molar-refractivity contribution in [2.24, 2.45) is 0 Å². The topological polar surface area (TPSA) is 42.4 Å². The first kappa shape index (κ1) is 14.7. The molecule has 1 saturated heterocycles. The Balaban J connectivity index is 1.72. The van der Waals surface area contributed by atoms with Gasteiger partial charge in [-0.25, -0.2) is 4.98 Å². The second kappa shape index (κ2) is 6.26. The first-order valence-corrected chi connectivity index (χ1v) is 8.40. The summed E-state index contributed by atoms with van der Waals surface area (Å²) in [6.07, 6.45) is 3.17. The molecule has 0 amide bonds. The van der Waals surface area contributed by atoms with Gasteiger partial charge in [-0.3, -0.25) is 0 Å². The number of hydrogen-bond donors (Lipinski definition) is 1. The molecular weight excluding hydrogens is 282 g/mol. The Morgan fingerprint density at radius 3 is 2.95 bits per heavy atom. The molecule has 1 aromatic carbocycles. The molecule has 0 spiro atoms. The highest BCUT2D eigenvalue weighted by atomic mass is 32.1. The zero-order valence-corrected chi connectivity index (χ0v) is 13.1. The van der Waals surface area contributed by atoms with Crippen molar-refractivity contribution in [3.05, 3.63) is 40.7 Å². The number of rotatable bonds is 4. The van der Waals surface area contributed by atoms with Gasteiger partial charge in [0.2, 0.25) is 0 Å². The first-order valence-electron chi connectivity index (χ1n) is 7.52. The van der Waals surface area contributed by atoms with E-state index < -0.39 is 5.60 Å². The molecule has 0 bridgehead atoms. The van der Waals surface area contributed by atoms with Crippen LogP contribution in [-0.2, 0) is 11.2 Å². The maximum absolute atomic E-state index is 10.8. The molecule has 2 unspecified atom stereocenters. The molecule has 1 aliphatic rings. The van der Waals surface area contributed by atoms with Crippen LogP contribution in [0.4, 0.5) is 0 Å². The number of ether oxygens (including phenoxy) is 1. The van der Waals surface area contributed by atoms with Gasteiger partial charge in [0.05, 0.1) is 22.4 Å². The normalized spacial score (nSPS) is 25.9. The van der Waals surface area contributed by atoms with Gasteiger partial charge in [-0.05, 0) is 6.42 Å². The maximum atomic E-state index is 10.8. The molecule has 112 valence electrons.